The Morgan fingerprint density at radius 1 is 1.38 bits per heavy atom. The molecular weight excluding hydrogens is 200 g/mol. The van der Waals surface area contributed by atoms with E-state index in [2.05, 4.69) is 31.0 Å². The van der Waals surface area contributed by atoms with E-state index in [1.807, 2.05) is 0 Å². The maximum Gasteiger partial charge on any atom is 0.0700 e. The summed E-state index contributed by atoms with van der Waals surface area (Å²) < 4.78 is 5.65. The molecule has 0 aromatic heterocycles. The summed E-state index contributed by atoms with van der Waals surface area (Å²) >= 11 is 0. The molecule has 16 heavy (non-hydrogen) atoms. The van der Waals surface area contributed by atoms with E-state index < -0.39 is 0 Å². The fourth-order valence-electron chi connectivity index (χ4n) is 1.98. The monoisotopic (exact) mass is 228 g/mol. The van der Waals surface area contributed by atoms with Gasteiger partial charge in [0.05, 0.1) is 12.7 Å². The summed E-state index contributed by atoms with van der Waals surface area (Å²) in [6.07, 6.45) is 2.88. The minimum atomic E-state index is 0.462. The first-order valence-electron chi connectivity index (χ1n) is 6.77. The normalized spacial score (nSPS) is 22.9. The highest BCUT2D eigenvalue weighted by molar-refractivity contribution is 4.70. The van der Waals surface area contributed by atoms with Crippen molar-refractivity contribution in [1.82, 2.24) is 10.2 Å². The Morgan fingerprint density at radius 2 is 2.19 bits per heavy atom. The second-order valence-electron chi connectivity index (χ2n) is 5.13. The Kier molecular flexibility index (Phi) is 7.01. The smallest absolute Gasteiger partial charge is 0.0700 e. The van der Waals surface area contributed by atoms with Crippen LogP contribution in [0.1, 0.15) is 33.6 Å². The van der Waals surface area contributed by atoms with Crippen molar-refractivity contribution in [1.29, 1.82) is 0 Å². The molecule has 1 aliphatic heterocycles. The van der Waals surface area contributed by atoms with Gasteiger partial charge >= 0.3 is 0 Å². The summed E-state index contributed by atoms with van der Waals surface area (Å²) in [6.45, 7) is 13.3. The highest BCUT2D eigenvalue weighted by Gasteiger charge is 2.17. The predicted octanol–water partition coefficient (Wildman–Crippen LogP) is 1.73. The highest BCUT2D eigenvalue weighted by Crippen LogP contribution is 2.07. The Morgan fingerprint density at radius 3 is 2.88 bits per heavy atom. The van der Waals surface area contributed by atoms with Crippen LogP contribution in [0.5, 0.6) is 0 Å². The van der Waals surface area contributed by atoms with Crippen LogP contribution in [0.25, 0.3) is 0 Å². The van der Waals surface area contributed by atoms with Gasteiger partial charge in [-0.2, -0.15) is 0 Å². The van der Waals surface area contributed by atoms with Crippen LogP contribution in [0.3, 0.4) is 0 Å². The molecule has 1 unspecified atom stereocenters. The van der Waals surface area contributed by atoms with Gasteiger partial charge < -0.3 is 10.1 Å². The minimum absolute atomic E-state index is 0.462. The van der Waals surface area contributed by atoms with Gasteiger partial charge in [0, 0.05) is 26.2 Å². The molecule has 1 saturated heterocycles. The van der Waals surface area contributed by atoms with Crippen LogP contribution in [0.4, 0.5) is 0 Å². The molecule has 96 valence electrons. The van der Waals surface area contributed by atoms with E-state index >= 15 is 0 Å². The number of rotatable bonds is 7. The quantitative estimate of drug-likeness (QED) is 0.672. The zero-order valence-corrected chi connectivity index (χ0v) is 11.2. The predicted molar refractivity (Wildman–Crippen MR) is 68.8 cm³/mol. The molecule has 1 fully saturated rings. The van der Waals surface area contributed by atoms with Crippen LogP contribution in [0.15, 0.2) is 0 Å². The van der Waals surface area contributed by atoms with Crippen molar-refractivity contribution in [2.45, 2.75) is 39.7 Å². The van der Waals surface area contributed by atoms with Crippen LogP contribution in [0.2, 0.25) is 0 Å². The van der Waals surface area contributed by atoms with E-state index in [1.165, 1.54) is 6.42 Å². The van der Waals surface area contributed by atoms with Crippen LogP contribution in [0, 0.1) is 5.92 Å². The summed E-state index contributed by atoms with van der Waals surface area (Å²) in [7, 11) is 0. The second kappa shape index (κ2) is 8.04. The maximum absolute atomic E-state index is 5.65. The van der Waals surface area contributed by atoms with Crippen molar-refractivity contribution in [3.05, 3.63) is 0 Å². The van der Waals surface area contributed by atoms with Gasteiger partial charge in [-0.25, -0.2) is 0 Å². The largest absolute Gasteiger partial charge is 0.376 e. The van der Waals surface area contributed by atoms with Crippen LogP contribution < -0.4 is 5.32 Å². The number of hydrogen-bond acceptors (Lipinski definition) is 3. The van der Waals surface area contributed by atoms with E-state index in [-0.39, 0.29) is 0 Å². The standard InChI is InChI=1S/C13H28N2O/c1-4-13-11-15(9-10-16-13)8-7-14-6-5-12(2)3/h12-14H,4-11H2,1-3H3. The Balaban J connectivity index is 1.99. The molecule has 0 radical (unpaired) electrons. The molecule has 1 rings (SSSR count). The van der Waals surface area contributed by atoms with Crippen molar-refractivity contribution >= 4 is 0 Å². The summed E-state index contributed by atoms with van der Waals surface area (Å²) in [4.78, 5) is 2.51. The van der Waals surface area contributed by atoms with Gasteiger partial charge in [0.2, 0.25) is 0 Å². The van der Waals surface area contributed by atoms with E-state index in [9.17, 15) is 0 Å². The molecule has 1 N–H and O–H groups in total. The van der Waals surface area contributed by atoms with Gasteiger partial charge in [0.25, 0.3) is 0 Å². The molecule has 0 aromatic carbocycles. The first-order valence-corrected chi connectivity index (χ1v) is 6.77. The number of nitrogens with zero attached hydrogens (tertiary/aromatic N) is 1. The lowest BCUT2D eigenvalue weighted by molar-refractivity contribution is -0.0290. The maximum atomic E-state index is 5.65. The molecule has 0 bridgehead atoms. The highest BCUT2D eigenvalue weighted by atomic mass is 16.5. The fraction of sp³-hybridized carbons (Fsp3) is 1.00. The summed E-state index contributed by atoms with van der Waals surface area (Å²) in [5.74, 6) is 0.806. The fourth-order valence-corrected chi connectivity index (χ4v) is 1.98. The lowest BCUT2D eigenvalue weighted by atomic mass is 10.1. The molecule has 1 atom stereocenters. The van der Waals surface area contributed by atoms with Crippen LogP contribution in [-0.2, 0) is 4.74 Å². The van der Waals surface area contributed by atoms with Gasteiger partial charge in [-0.15, -0.1) is 0 Å². The minimum Gasteiger partial charge on any atom is -0.376 e. The van der Waals surface area contributed by atoms with Gasteiger partial charge in [0.15, 0.2) is 0 Å². The van der Waals surface area contributed by atoms with Crippen molar-refractivity contribution in [2.75, 3.05) is 39.3 Å². The topological polar surface area (TPSA) is 24.5 Å². The molecule has 1 heterocycles. The lowest BCUT2D eigenvalue weighted by Gasteiger charge is -2.32. The molecule has 0 aliphatic carbocycles. The van der Waals surface area contributed by atoms with Gasteiger partial charge in [-0.3, -0.25) is 4.90 Å². The zero-order valence-electron chi connectivity index (χ0n) is 11.2. The average molecular weight is 228 g/mol. The third kappa shape index (κ3) is 5.83. The second-order valence-corrected chi connectivity index (χ2v) is 5.13. The van der Waals surface area contributed by atoms with E-state index in [0.29, 0.717) is 6.10 Å². The number of ether oxygens (including phenoxy) is 1. The third-order valence-corrected chi connectivity index (χ3v) is 3.18. The summed E-state index contributed by atoms with van der Waals surface area (Å²) in [6, 6.07) is 0. The molecule has 0 aromatic rings. The summed E-state index contributed by atoms with van der Waals surface area (Å²) in [5, 5.41) is 3.51. The van der Waals surface area contributed by atoms with E-state index in [4.69, 9.17) is 4.74 Å². The third-order valence-electron chi connectivity index (χ3n) is 3.18. The SMILES string of the molecule is CCC1CN(CCNCCC(C)C)CCO1. The van der Waals surface area contributed by atoms with Crippen molar-refractivity contribution in [3.63, 3.8) is 0 Å². The first kappa shape index (κ1) is 13.9. The number of hydrogen-bond donors (Lipinski definition) is 1. The van der Waals surface area contributed by atoms with E-state index in [1.54, 1.807) is 0 Å². The van der Waals surface area contributed by atoms with Crippen molar-refractivity contribution in [3.8, 4) is 0 Å². The van der Waals surface area contributed by atoms with Gasteiger partial charge in [-0.1, -0.05) is 20.8 Å². The lowest BCUT2D eigenvalue weighted by Crippen LogP contribution is -2.44. The molecule has 0 saturated carbocycles. The number of morpholine rings is 1. The molecule has 3 heteroatoms. The molecule has 0 amide bonds. The molecule has 3 nitrogen and oxygen atoms in total. The van der Waals surface area contributed by atoms with E-state index in [0.717, 1.165) is 51.7 Å². The van der Waals surface area contributed by atoms with Gasteiger partial charge in [-0.05, 0) is 25.3 Å². The van der Waals surface area contributed by atoms with Crippen molar-refractivity contribution in [2.24, 2.45) is 5.92 Å². The molecule has 0 spiro atoms. The van der Waals surface area contributed by atoms with Crippen LogP contribution >= 0.6 is 0 Å². The molecular formula is C13H28N2O. The van der Waals surface area contributed by atoms with Crippen LogP contribution in [-0.4, -0.2) is 50.3 Å². The van der Waals surface area contributed by atoms with Crippen molar-refractivity contribution < 1.29 is 4.74 Å². The number of nitrogens with one attached hydrogen (secondary N) is 1. The Bertz CT molecular complexity index is 173. The Hall–Kier alpha value is -0.120. The Labute approximate surface area is 101 Å². The summed E-state index contributed by atoms with van der Waals surface area (Å²) in [5.41, 5.74) is 0. The van der Waals surface area contributed by atoms with Gasteiger partial charge in [0.1, 0.15) is 0 Å². The average Bonchev–Trinajstić information content (AvgIpc) is 2.28. The zero-order chi connectivity index (χ0) is 11.8. The first-order chi connectivity index (χ1) is 7.72. The molecule has 1 aliphatic rings.